The summed E-state index contributed by atoms with van der Waals surface area (Å²) in [5, 5.41) is 8.96. The molecule has 1 unspecified atom stereocenters. The maximum absolute atomic E-state index is 14.4. The van der Waals surface area contributed by atoms with Gasteiger partial charge in [-0.05, 0) is 33.8 Å². The molecule has 0 aliphatic carbocycles. The van der Waals surface area contributed by atoms with Gasteiger partial charge < -0.3 is 9.66 Å². The van der Waals surface area contributed by atoms with Crippen LogP contribution in [-0.2, 0) is 17.3 Å². The van der Waals surface area contributed by atoms with E-state index in [4.69, 9.17) is 7.85 Å². The van der Waals surface area contributed by atoms with Gasteiger partial charge in [-0.1, -0.05) is 12.1 Å². The fraction of sp³-hybridized carbons (Fsp3) is 0.571. The molecule has 1 aromatic rings. The lowest BCUT2D eigenvalue weighted by Gasteiger charge is -2.27. The average Bonchev–Trinajstić information content (AvgIpc) is 2.35. The monoisotopic (exact) mass is 325 g/mol. The van der Waals surface area contributed by atoms with E-state index in [9.17, 15) is 17.7 Å². The maximum Gasteiger partial charge on any atom is 0.298 e. The van der Waals surface area contributed by atoms with Crippen molar-refractivity contribution in [1.82, 2.24) is 4.72 Å². The van der Waals surface area contributed by atoms with E-state index in [2.05, 4.69) is 4.72 Å². The largest absolute Gasteiger partial charge is 0.598 e. The quantitative estimate of drug-likeness (QED) is 0.818. The van der Waals surface area contributed by atoms with Crippen LogP contribution in [0.15, 0.2) is 18.2 Å². The molecule has 21 heavy (non-hydrogen) atoms. The molecule has 0 amide bonds. The van der Waals surface area contributed by atoms with Crippen LogP contribution in [0.3, 0.4) is 0 Å². The molecule has 0 aliphatic rings. The minimum atomic E-state index is -4.42. The molecule has 0 bridgehead atoms. The minimum Gasteiger partial charge on any atom is -0.598 e. The van der Waals surface area contributed by atoms with Crippen LogP contribution in [0.5, 0.6) is 0 Å². The second kappa shape index (κ2) is 6.56. The molecule has 2 atom stereocenters. The highest BCUT2D eigenvalue weighted by atomic mass is 32.2. The SMILES string of the molecule is [2H]C([2H])(O)C(F)(F)c1cccc([C@@H](C)N[S+]([O-])C(C)(C)C)c1F. The normalized spacial score (nSPS) is 18.0. The number of benzene rings is 1. The summed E-state index contributed by atoms with van der Waals surface area (Å²) in [6, 6.07) is 2.22. The first-order chi connectivity index (χ1) is 10.2. The lowest BCUT2D eigenvalue weighted by atomic mass is 10.0. The molecular formula is C14H20F3NO2S. The highest BCUT2D eigenvalue weighted by Crippen LogP contribution is 2.32. The number of hydrogen-bond donors (Lipinski definition) is 2. The van der Waals surface area contributed by atoms with E-state index in [0.29, 0.717) is 6.07 Å². The molecular weight excluding hydrogens is 303 g/mol. The van der Waals surface area contributed by atoms with Gasteiger partial charge in [0.25, 0.3) is 5.92 Å². The Kier molecular flexibility index (Phi) is 4.73. The van der Waals surface area contributed by atoms with Gasteiger partial charge in [-0.15, -0.1) is 4.72 Å². The standard InChI is InChI=1S/C14H20F3NO2S/c1-9(18-21(20)13(2,3)4)10-6-5-7-11(12(10)15)14(16,17)8-19/h5-7,9,18-19H,8H2,1-4H3/t9-,21?/m1/s1/i8D2. The van der Waals surface area contributed by atoms with E-state index >= 15 is 0 Å². The Bertz CT molecular complexity index is 562. The Labute approximate surface area is 128 Å². The fourth-order valence-electron chi connectivity index (χ4n) is 1.59. The van der Waals surface area contributed by atoms with Gasteiger partial charge in [-0.25, -0.2) is 4.39 Å². The Morgan fingerprint density at radius 1 is 1.43 bits per heavy atom. The van der Waals surface area contributed by atoms with E-state index < -0.39 is 46.0 Å². The number of nitrogens with one attached hydrogen (secondary N) is 1. The van der Waals surface area contributed by atoms with Crippen molar-refractivity contribution in [1.29, 1.82) is 0 Å². The van der Waals surface area contributed by atoms with Gasteiger partial charge in [0.05, 0.1) is 14.3 Å². The summed E-state index contributed by atoms with van der Waals surface area (Å²) in [4.78, 5) is 0. The summed E-state index contributed by atoms with van der Waals surface area (Å²) in [5.74, 6) is -5.77. The van der Waals surface area contributed by atoms with Crippen molar-refractivity contribution in [2.75, 3.05) is 6.56 Å². The Hall–Kier alpha value is -0.760. The summed E-state index contributed by atoms with van der Waals surface area (Å²) in [6.45, 7) is 2.65. The van der Waals surface area contributed by atoms with Crippen molar-refractivity contribution >= 4 is 11.4 Å². The van der Waals surface area contributed by atoms with Gasteiger partial charge >= 0.3 is 0 Å². The van der Waals surface area contributed by atoms with Crippen LogP contribution in [0.1, 0.15) is 47.6 Å². The highest BCUT2D eigenvalue weighted by Gasteiger charge is 2.36. The minimum absolute atomic E-state index is 0.191. The van der Waals surface area contributed by atoms with Crippen LogP contribution in [0, 0.1) is 5.82 Å². The van der Waals surface area contributed by atoms with Crippen LogP contribution < -0.4 is 4.72 Å². The molecule has 0 aromatic heterocycles. The van der Waals surface area contributed by atoms with Crippen LogP contribution in [-0.4, -0.2) is 21.0 Å². The Morgan fingerprint density at radius 2 is 2.00 bits per heavy atom. The molecule has 0 spiro atoms. The molecule has 0 fully saturated rings. The van der Waals surface area contributed by atoms with Gasteiger partial charge in [0, 0.05) is 16.9 Å². The first-order valence-corrected chi connectivity index (χ1v) is 7.41. The van der Waals surface area contributed by atoms with E-state index in [1.165, 1.54) is 13.0 Å². The molecule has 7 heteroatoms. The number of halogens is 3. The first-order valence-electron chi connectivity index (χ1n) is 7.26. The molecule has 0 saturated heterocycles. The fourth-order valence-corrected chi connectivity index (χ4v) is 2.39. The second-order valence-corrected chi connectivity index (χ2v) is 7.61. The summed E-state index contributed by atoms with van der Waals surface area (Å²) in [6.07, 6.45) is 0. The molecule has 1 rings (SSSR count). The third-order valence-electron chi connectivity index (χ3n) is 2.81. The van der Waals surface area contributed by atoms with Gasteiger partial charge in [-0.2, -0.15) is 8.78 Å². The Morgan fingerprint density at radius 3 is 2.48 bits per heavy atom. The van der Waals surface area contributed by atoms with Gasteiger partial charge in [0.15, 0.2) is 0 Å². The van der Waals surface area contributed by atoms with E-state index in [-0.39, 0.29) is 5.56 Å². The maximum atomic E-state index is 14.4. The molecule has 1 aromatic carbocycles. The third-order valence-corrected chi connectivity index (χ3v) is 4.49. The van der Waals surface area contributed by atoms with Crippen molar-refractivity contribution in [3.8, 4) is 0 Å². The number of rotatable bonds is 5. The summed E-state index contributed by atoms with van der Waals surface area (Å²) in [5.41, 5.74) is -1.44. The molecule has 0 aliphatic heterocycles. The predicted octanol–water partition coefficient (Wildman–Crippen LogP) is 3.02. The van der Waals surface area contributed by atoms with Crippen LogP contribution >= 0.6 is 0 Å². The van der Waals surface area contributed by atoms with Crippen molar-refractivity contribution in [2.24, 2.45) is 0 Å². The van der Waals surface area contributed by atoms with Crippen LogP contribution in [0.2, 0.25) is 0 Å². The van der Waals surface area contributed by atoms with Gasteiger partial charge in [0.1, 0.15) is 17.1 Å². The summed E-state index contributed by atoms with van der Waals surface area (Å²) >= 11 is -1.55. The molecule has 0 heterocycles. The average molecular weight is 325 g/mol. The molecule has 3 nitrogen and oxygen atoms in total. The number of hydrogen-bond acceptors (Lipinski definition) is 3. The highest BCUT2D eigenvalue weighted by molar-refractivity contribution is 7.90. The van der Waals surface area contributed by atoms with Crippen LogP contribution in [0.4, 0.5) is 13.2 Å². The number of aliphatic hydroxyl groups is 1. The van der Waals surface area contributed by atoms with Crippen molar-refractivity contribution in [3.05, 3.63) is 35.1 Å². The summed E-state index contributed by atoms with van der Waals surface area (Å²) in [7, 11) is 0. The molecule has 0 radical (unpaired) electrons. The molecule has 120 valence electrons. The van der Waals surface area contributed by atoms with E-state index in [1.807, 2.05) is 0 Å². The van der Waals surface area contributed by atoms with E-state index in [0.717, 1.165) is 6.07 Å². The lowest BCUT2D eigenvalue weighted by Crippen LogP contribution is -2.40. The zero-order valence-corrected chi connectivity index (χ0v) is 13.0. The smallest absolute Gasteiger partial charge is 0.298 e. The Balaban J connectivity index is 3.20. The van der Waals surface area contributed by atoms with Crippen LogP contribution in [0.25, 0.3) is 0 Å². The van der Waals surface area contributed by atoms with E-state index in [1.54, 1.807) is 20.8 Å². The van der Waals surface area contributed by atoms with Crippen molar-refractivity contribution in [3.63, 3.8) is 0 Å². The van der Waals surface area contributed by atoms with Crippen molar-refractivity contribution < 1.29 is 25.6 Å². The summed E-state index contributed by atoms with van der Waals surface area (Å²) < 4.78 is 69.7. The zero-order chi connectivity index (χ0) is 18.2. The third kappa shape index (κ3) is 4.35. The van der Waals surface area contributed by atoms with Gasteiger partial charge in [0.2, 0.25) is 0 Å². The molecule has 2 N–H and O–H groups in total. The second-order valence-electron chi connectivity index (χ2n) is 5.62. The topological polar surface area (TPSA) is 55.3 Å². The first kappa shape index (κ1) is 15.1. The molecule has 0 saturated carbocycles. The van der Waals surface area contributed by atoms with Crippen molar-refractivity contribution in [2.45, 2.75) is 44.4 Å². The van der Waals surface area contributed by atoms with Gasteiger partial charge in [-0.3, -0.25) is 0 Å². The zero-order valence-electron chi connectivity index (χ0n) is 14.2. The predicted molar refractivity (Wildman–Crippen MR) is 76.8 cm³/mol. The lowest BCUT2D eigenvalue weighted by molar-refractivity contribution is -0.0584. The number of alkyl halides is 2.